The van der Waals surface area contributed by atoms with Gasteiger partial charge in [0.25, 0.3) is 0 Å². The van der Waals surface area contributed by atoms with Gasteiger partial charge in [0.2, 0.25) is 0 Å². The fourth-order valence-corrected chi connectivity index (χ4v) is 1.80. The maximum absolute atomic E-state index is 10.5. The summed E-state index contributed by atoms with van der Waals surface area (Å²) in [5.41, 5.74) is 0. The Morgan fingerprint density at radius 3 is 1.75 bits per heavy atom. The summed E-state index contributed by atoms with van der Waals surface area (Å²) in [6.07, 6.45) is 1.17. The summed E-state index contributed by atoms with van der Waals surface area (Å²) in [7, 11) is 3.77. The number of carbonyl (C=O) groups excluding carboxylic acids is 2. The molecule has 0 aromatic carbocycles. The standard InChI is InChI=1S/C9H15NO4.2Na/c1-10(2)6-3-5(4-6)7(8(11)12)9(13)14;;/h5-7H,3-4H2,1-2H3,(H,11,12)(H,13,14);;/q;2*+1/p-2. The second-order valence-electron chi connectivity index (χ2n) is 3.96. The molecule has 1 aliphatic rings. The first-order chi connectivity index (χ1) is 6.43. The van der Waals surface area contributed by atoms with Gasteiger partial charge in [-0.2, -0.15) is 0 Å². The Morgan fingerprint density at radius 2 is 1.50 bits per heavy atom. The Labute approximate surface area is 139 Å². The van der Waals surface area contributed by atoms with Crippen molar-refractivity contribution in [2.24, 2.45) is 11.8 Å². The number of hydrogen-bond donors (Lipinski definition) is 0. The summed E-state index contributed by atoms with van der Waals surface area (Å²) < 4.78 is 0. The van der Waals surface area contributed by atoms with E-state index in [9.17, 15) is 19.8 Å². The maximum Gasteiger partial charge on any atom is 1.00 e. The first kappa shape index (κ1) is 19.2. The van der Waals surface area contributed by atoms with Crippen LogP contribution in [0.1, 0.15) is 12.8 Å². The smallest absolute Gasteiger partial charge is 0.549 e. The van der Waals surface area contributed by atoms with Crippen LogP contribution in [0.2, 0.25) is 0 Å². The minimum atomic E-state index is -1.53. The molecular weight excluding hydrogens is 232 g/mol. The monoisotopic (exact) mass is 245 g/mol. The quantitative estimate of drug-likeness (QED) is 0.363. The van der Waals surface area contributed by atoms with E-state index in [1.165, 1.54) is 0 Å². The summed E-state index contributed by atoms with van der Waals surface area (Å²) in [5, 5.41) is 21.0. The summed E-state index contributed by atoms with van der Waals surface area (Å²) >= 11 is 0. The van der Waals surface area contributed by atoms with E-state index in [0.717, 1.165) is 0 Å². The van der Waals surface area contributed by atoms with Gasteiger partial charge in [-0.1, -0.05) is 0 Å². The van der Waals surface area contributed by atoms with Gasteiger partial charge in [-0.3, -0.25) is 0 Å². The summed E-state index contributed by atoms with van der Waals surface area (Å²) in [6.45, 7) is 0. The summed E-state index contributed by atoms with van der Waals surface area (Å²) in [6, 6.07) is 0.279. The van der Waals surface area contributed by atoms with Gasteiger partial charge in [0.05, 0.1) is 11.9 Å². The van der Waals surface area contributed by atoms with Crippen LogP contribution in [-0.4, -0.2) is 37.0 Å². The van der Waals surface area contributed by atoms with Gasteiger partial charge >= 0.3 is 59.1 Å². The van der Waals surface area contributed by atoms with Crippen molar-refractivity contribution in [3.63, 3.8) is 0 Å². The molecule has 0 radical (unpaired) electrons. The van der Waals surface area contributed by atoms with E-state index < -0.39 is 17.9 Å². The van der Waals surface area contributed by atoms with Crippen LogP contribution in [0.15, 0.2) is 0 Å². The van der Waals surface area contributed by atoms with Crippen molar-refractivity contribution in [2.75, 3.05) is 14.1 Å². The van der Waals surface area contributed by atoms with Crippen molar-refractivity contribution in [3.05, 3.63) is 0 Å². The van der Waals surface area contributed by atoms with E-state index in [0.29, 0.717) is 12.8 Å². The van der Waals surface area contributed by atoms with E-state index in [2.05, 4.69) is 0 Å². The molecular formula is C9H13NNa2O4. The van der Waals surface area contributed by atoms with Crippen molar-refractivity contribution in [1.29, 1.82) is 0 Å². The van der Waals surface area contributed by atoms with Crippen LogP contribution in [0.3, 0.4) is 0 Å². The summed E-state index contributed by atoms with van der Waals surface area (Å²) in [5.74, 6) is -4.86. The fraction of sp³-hybridized carbons (Fsp3) is 0.778. The Balaban J connectivity index is 0. The molecule has 0 aromatic heterocycles. The fourth-order valence-electron chi connectivity index (χ4n) is 1.80. The molecule has 7 heteroatoms. The van der Waals surface area contributed by atoms with Gasteiger partial charge in [0, 0.05) is 12.0 Å². The second-order valence-corrected chi connectivity index (χ2v) is 3.96. The Morgan fingerprint density at radius 1 is 1.12 bits per heavy atom. The zero-order valence-corrected chi connectivity index (χ0v) is 14.2. The van der Waals surface area contributed by atoms with Crippen LogP contribution < -0.4 is 69.3 Å². The largest absolute Gasteiger partial charge is 1.00 e. The van der Waals surface area contributed by atoms with Crippen LogP contribution in [0.4, 0.5) is 0 Å². The average molecular weight is 245 g/mol. The average Bonchev–Trinajstić information content (AvgIpc) is 1.92. The summed E-state index contributed by atoms with van der Waals surface area (Å²) in [4.78, 5) is 23.0. The number of carboxylic acids is 2. The van der Waals surface area contributed by atoms with Gasteiger partial charge < -0.3 is 24.7 Å². The van der Waals surface area contributed by atoms with Crippen molar-refractivity contribution in [3.8, 4) is 0 Å². The molecule has 1 saturated carbocycles. The van der Waals surface area contributed by atoms with Gasteiger partial charge in [-0.25, -0.2) is 0 Å². The Hall–Kier alpha value is 0.900. The van der Waals surface area contributed by atoms with Gasteiger partial charge in [0.15, 0.2) is 0 Å². The molecule has 16 heavy (non-hydrogen) atoms. The molecule has 0 bridgehead atoms. The zero-order chi connectivity index (χ0) is 10.9. The van der Waals surface area contributed by atoms with Gasteiger partial charge in [-0.15, -0.1) is 0 Å². The SMILES string of the molecule is CN(C)C1CC(C(C(=O)[O-])C(=O)[O-])C1.[Na+].[Na+]. The van der Waals surface area contributed by atoms with E-state index >= 15 is 0 Å². The van der Waals surface area contributed by atoms with E-state index in [-0.39, 0.29) is 71.1 Å². The van der Waals surface area contributed by atoms with Crippen molar-refractivity contribution >= 4 is 11.9 Å². The number of aliphatic carboxylic acids is 2. The predicted molar refractivity (Wildman–Crippen MR) is 43.7 cm³/mol. The second kappa shape index (κ2) is 8.08. The molecule has 0 unspecified atom stereocenters. The molecule has 0 aliphatic heterocycles. The third-order valence-corrected chi connectivity index (χ3v) is 2.86. The van der Waals surface area contributed by atoms with Gasteiger partial charge in [-0.05, 0) is 32.9 Å². The molecule has 0 heterocycles. The minimum absolute atomic E-state index is 0. The number of rotatable bonds is 4. The molecule has 0 N–H and O–H groups in total. The van der Waals surface area contributed by atoms with E-state index in [1.807, 2.05) is 19.0 Å². The Kier molecular flexibility index (Phi) is 9.72. The molecule has 0 spiro atoms. The maximum atomic E-state index is 10.5. The molecule has 1 rings (SSSR count). The third-order valence-electron chi connectivity index (χ3n) is 2.86. The third kappa shape index (κ3) is 4.64. The number of carboxylic acid groups (broad SMARTS) is 2. The molecule has 5 nitrogen and oxygen atoms in total. The number of hydrogen-bond acceptors (Lipinski definition) is 5. The number of carbonyl (C=O) groups is 2. The molecule has 0 amide bonds. The molecule has 1 aliphatic carbocycles. The van der Waals surface area contributed by atoms with Crippen LogP contribution >= 0.6 is 0 Å². The van der Waals surface area contributed by atoms with E-state index in [1.54, 1.807) is 0 Å². The van der Waals surface area contributed by atoms with Crippen molar-refractivity contribution in [1.82, 2.24) is 4.90 Å². The van der Waals surface area contributed by atoms with Crippen LogP contribution in [-0.2, 0) is 9.59 Å². The molecule has 0 aromatic rings. The molecule has 80 valence electrons. The first-order valence-corrected chi connectivity index (χ1v) is 4.51. The normalized spacial score (nSPS) is 23.0. The van der Waals surface area contributed by atoms with Crippen LogP contribution in [0.5, 0.6) is 0 Å². The Bertz CT molecular complexity index is 240. The number of nitrogens with zero attached hydrogens (tertiary/aromatic N) is 1. The van der Waals surface area contributed by atoms with Crippen LogP contribution in [0.25, 0.3) is 0 Å². The van der Waals surface area contributed by atoms with Crippen molar-refractivity contribution < 1.29 is 78.9 Å². The first-order valence-electron chi connectivity index (χ1n) is 4.51. The zero-order valence-electron chi connectivity index (χ0n) is 10.2. The topological polar surface area (TPSA) is 83.5 Å². The molecule has 1 fully saturated rings. The van der Waals surface area contributed by atoms with Crippen LogP contribution in [0, 0.1) is 11.8 Å². The van der Waals surface area contributed by atoms with Crippen molar-refractivity contribution in [2.45, 2.75) is 18.9 Å². The molecule has 0 saturated heterocycles. The van der Waals surface area contributed by atoms with Gasteiger partial charge in [0.1, 0.15) is 0 Å². The predicted octanol–water partition coefficient (Wildman–Crippen LogP) is -8.55. The minimum Gasteiger partial charge on any atom is -0.549 e. The molecule has 0 atom stereocenters. The van der Waals surface area contributed by atoms with E-state index in [4.69, 9.17) is 0 Å².